The third-order valence-corrected chi connectivity index (χ3v) is 7.87. The van der Waals surface area contributed by atoms with Gasteiger partial charge in [0.25, 0.3) is 5.91 Å². The zero-order valence-corrected chi connectivity index (χ0v) is 21.8. The largest absolute Gasteiger partial charge is 0.342 e. The number of halogens is 2. The van der Waals surface area contributed by atoms with Gasteiger partial charge in [-0.05, 0) is 37.5 Å². The first kappa shape index (κ1) is 25.3. The summed E-state index contributed by atoms with van der Waals surface area (Å²) in [6, 6.07) is 6.18. The molecule has 0 bridgehead atoms. The van der Waals surface area contributed by atoms with Gasteiger partial charge in [0.1, 0.15) is 10.5 Å². The highest BCUT2D eigenvalue weighted by Gasteiger charge is 2.44. The summed E-state index contributed by atoms with van der Waals surface area (Å²) in [4.78, 5) is 43.2. The van der Waals surface area contributed by atoms with Crippen molar-refractivity contribution in [2.45, 2.75) is 45.6 Å². The molecule has 1 aliphatic rings. The van der Waals surface area contributed by atoms with Gasteiger partial charge in [0.2, 0.25) is 5.91 Å². The number of hydrogen-bond acceptors (Lipinski definition) is 4. The van der Waals surface area contributed by atoms with Crippen molar-refractivity contribution >= 4 is 63.1 Å². The Morgan fingerprint density at radius 3 is 2.42 bits per heavy atom. The number of hydrogen-bond donors (Lipinski definition) is 2. The van der Waals surface area contributed by atoms with E-state index in [4.69, 9.17) is 23.2 Å². The predicted molar refractivity (Wildman–Crippen MR) is 135 cm³/mol. The van der Waals surface area contributed by atoms with Gasteiger partial charge in [-0.15, -0.1) is 11.3 Å². The van der Waals surface area contributed by atoms with Gasteiger partial charge >= 0.3 is 6.03 Å². The predicted octanol–water partition coefficient (Wildman–Crippen LogP) is 5.69. The molecule has 0 radical (unpaired) electrons. The van der Waals surface area contributed by atoms with Gasteiger partial charge in [0.15, 0.2) is 0 Å². The molecular weight excluding hydrogens is 483 g/mol. The Morgan fingerprint density at radius 1 is 1.12 bits per heavy atom. The van der Waals surface area contributed by atoms with Crippen molar-refractivity contribution in [2.24, 2.45) is 0 Å². The Bertz CT molecular complexity index is 1110. The molecule has 7 nitrogen and oxygen atoms in total. The Balaban J connectivity index is 1.93. The van der Waals surface area contributed by atoms with Gasteiger partial charge < -0.3 is 15.1 Å². The molecular formula is C23H28Cl2N4O3S. The van der Waals surface area contributed by atoms with Crippen LogP contribution >= 0.6 is 34.5 Å². The molecule has 3 rings (SSSR count). The van der Waals surface area contributed by atoms with Crippen LogP contribution in [0.5, 0.6) is 0 Å². The molecule has 1 saturated heterocycles. The maximum Gasteiger partial charge on any atom is 0.324 e. The summed E-state index contributed by atoms with van der Waals surface area (Å²) in [7, 11) is 1.73. The first-order valence-electron chi connectivity index (χ1n) is 10.5. The average Bonchev–Trinajstić information content (AvgIpc) is 3.13. The van der Waals surface area contributed by atoms with Crippen molar-refractivity contribution < 1.29 is 14.4 Å². The lowest BCUT2D eigenvalue weighted by Gasteiger charge is -2.44. The first-order chi connectivity index (χ1) is 15.2. The van der Waals surface area contributed by atoms with Crippen LogP contribution in [0.3, 0.4) is 0 Å². The second-order valence-electron chi connectivity index (χ2n) is 9.53. The molecule has 33 heavy (non-hydrogen) atoms. The van der Waals surface area contributed by atoms with Crippen LogP contribution in [0.15, 0.2) is 24.3 Å². The molecule has 0 atom stereocenters. The number of amides is 4. The maximum absolute atomic E-state index is 13.6. The van der Waals surface area contributed by atoms with Crippen LogP contribution in [-0.2, 0) is 10.2 Å². The van der Waals surface area contributed by atoms with Gasteiger partial charge in [-0.1, -0.05) is 50.0 Å². The normalized spacial score (nSPS) is 16.1. The van der Waals surface area contributed by atoms with E-state index in [-0.39, 0.29) is 22.3 Å². The Kier molecular flexibility index (Phi) is 7.03. The summed E-state index contributed by atoms with van der Waals surface area (Å²) in [5.74, 6) is -0.430. The minimum atomic E-state index is -0.998. The fourth-order valence-corrected chi connectivity index (χ4v) is 5.03. The fourth-order valence-electron chi connectivity index (χ4n) is 3.58. The minimum absolute atomic E-state index is 0.128. The number of likely N-dealkylation sites (N-methyl/N-ethyl adjacent to an activating group) is 1. The highest BCUT2D eigenvalue weighted by molar-refractivity contribution is 7.16. The van der Waals surface area contributed by atoms with E-state index in [0.717, 1.165) is 4.88 Å². The standard InChI is InChI=1S/C23H28Cl2N4O3S/c1-22(2,3)16-12-13(19(30)29-11-10-28(6)20(31)23(29,4)5)18(33-16)27-21(32)26-15-9-7-8-14(24)17(15)25/h7-9,12H,10-11H2,1-6H3,(H2,26,27,32). The van der Waals surface area contributed by atoms with Crippen LogP contribution in [-0.4, -0.2) is 53.3 Å². The molecule has 0 unspecified atom stereocenters. The van der Waals surface area contributed by atoms with Gasteiger partial charge in [-0.2, -0.15) is 0 Å². The fraction of sp³-hybridized carbons (Fsp3) is 0.435. The van der Waals surface area contributed by atoms with Crippen molar-refractivity contribution in [3.05, 3.63) is 44.8 Å². The Hall–Kier alpha value is -2.29. The number of piperazine rings is 1. The number of nitrogens with one attached hydrogen (secondary N) is 2. The molecule has 1 fully saturated rings. The van der Waals surface area contributed by atoms with Crippen LogP contribution in [0.4, 0.5) is 15.5 Å². The number of rotatable bonds is 3. The molecule has 1 aliphatic heterocycles. The van der Waals surface area contributed by atoms with E-state index in [9.17, 15) is 14.4 Å². The van der Waals surface area contributed by atoms with Crippen molar-refractivity contribution in [1.29, 1.82) is 0 Å². The molecule has 10 heteroatoms. The monoisotopic (exact) mass is 510 g/mol. The third-order valence-electron chi connectivity index (χ3n) is 5.58. The molecule has 0 aliphatic carbocycles. The van der Waals surface area contributed by atoms with Gasteiger partial charge in [0.05, 0.1) is 21.3 Å². The number of nitrogens with zero attached hydrogens (tertiary/aromatic N) is 2. The van der Waals surface area contributed by atoms with Crippen molar-refractivity contribution in [3.8, 4) is 0 Å². The topological polar surface area (TPSA) is 81.8 Å². The first-order valence-corrected chi connectivity index (χ1v) is 12.0. The van der Waals surface area contributed by atoms with Gasteiger partial charge in [-0.25, -0.2) is 4.79 Å². The lowest BCUT2D eigenvalue weighted by atomic mass is 9.93. The highest BCUT2D eigenvalue weighted by atomic mass is 35.5. The lowest BCUT2D eigenvalue weighted by molar-refractivity contribution is -0.144. The summed E-state index contributed by atoms with van der Waals surface area (Å²) < 4.78 is 0. The highest BCUT2D eigenvalue weighted by Crippen LogP contribution is 2.38. The number of thiophene rings is 1. The summed E-state index contributed by atoms with van der Waals surface area (Å²) in [5.41, 5.74) is -0.530. The summed E-state index contributed by atoms with van der Waals surface area (Å²) in [6.45, 7) is 10.4. The molecule has 1 aromatic carbocycles. The summed E-state index contributed by atoms with van der Waals surface area (Å²) in [6.07, 6.45) is 0. The molecule has 1 aromatic heterocycles. The molecule has 2 aromatic rings. The number of carbonyl (C=O) groups is 3. The Morgan fingerprint density at radius 2 is 1.79 bits per heavy atom. The summed E-state index contributed by atoms with van der Waals surface area (Å²) >= 11 is 13.5. The van der Waals surface area contributed by atoms with Crippen LogP contribution in [0.25, 0.3) is 0 Å². The molecule has 178 valence electrons. The second-order valence-corrected chi connectivity index (χ2v) is 11.4. The van der Waals surface area contributed by atoms with Crippen molar-refractivity contribution in [1.82, 2.24) is 9.80 Å². The van der Waals surface area contributed by atoms with Crippen LogP contribution in [0, 0.1) is 0 Å². The second kappa shape index (κ2) is 9.16. The minimum Gasteiger partial charge on any atom is -0.342 e. The zero-order chi connectivity index (χ0) is 24.7. The summed E-state index contributed by atoms with van der Waals surface area (Å²) in [5, 5.41) is 6.42. The van der Waals surface area contributed by atoms with E-state index in [1.807, 2.05) is 20.8 Å². The third kappa shape index (κ3) is 5.13. The zero-order valence-electron chi connectivity index (χ0n) is 19.5. The molecule has 2 heterocycles. The maximum atomic E-state index is 13.6. The van der Waals surface area contributed by atoms with E-state index in [0.29, 0.717) is 34.4 Å². The SMILES string of the molecule is CN1CCN(C(=O)c2cc(C(C)(C)C)sc2NC(=O)Nc2cccc(Cl)c2Cl)C(C)(C)C1=O. The Labute approximate surface area is 208 Å². The van der Waals surface area contributed by atoms with Crippen LogP contribution in [0.2, 0.25) is 10.0 Å². The van der Waals surface area contributed by atoms with Gasteiger partial charge in [-0.3, -0.25) is 14.9 Å². The average molecular weight is 511 g/mol. The van der Waals surface area contributed by atoms with Crippen LogP contribution in [0.1, 0.15) is 49.9 Å². The van der Waals surface area contributed by atoms with Crippen molar-refractivity contribution in [3.63, 3.8) is 0 Å². The quantitative estimate of drug-likeness (QED) is 0.556. The molecule has 0 saturated carbocycles. The van der Waals surface area contributed by atoms with Crippen molar-refractivity contribution in [2.75, 3.05) is 30.8 Å². The smallest absolute Gasteiger partial charge is 0.324 e. The number of carbonyl (C=O) groups excluding carboxylic acids is 3. The van der Waals surface area contributed by atoms with Gasteiger partial charge in [0, 0.05) is 25.0 Å². The van der Waals surface area contributed by atoms with E-state index >= 15 is 0 Å². The lowest BCUT2D eigenvalue weighted by Crippen LogP contribution is -2.63. The number of benzene rings is 1. The van der Waals surface area contributed by atoms with E-state index in [1.54, 1.807) is 55.0 Å². The van der Waals surface area contributed by atoms with Crippen LogP contribution < -0.4 is 10.6 Å². The number of urea groups is 1. The molecule has 2 N–H and O–H groups in total. The molecule has 0 spiro atoms. The van der Waals surface area contributed by atoms with E-state index < -0.39 is 11.6 Å². The van der Waals surface area contributed by atoms with E-state index in [1.165, 1.54) is 11.3 Å². The molecule has 4 amide bonds. The number of anilines is 2. The van der Waals surface area contributed by atoms with E-state index in [2.05, 4.69) is 10.6 Å².